The third kappa shape index (κ3) is 4.06. The lowest BCUT2D eigenvalue weighted by Gasteiger charge is -2.01. The Labute approximate surface area is 131 Å². The van der Waals surface area contributed by atoms with E-state index < -0.39 is 0 Å². The number of hydrogen-bond donors (Lipinski definition) is 1. The lowest BCUT2D eigenvalue weighted by molar-refractivity contribution is 0.0955. The van der Waals surface area contributed by atoms with E-state index in [2.05, 4.69) is 33.1 Å². The molecule has 0 atom stereocenters. The van der Waals surface area contributed by atoms with Crippen molar-refractivity contribution in [2.45, 2.75) is 0 Å². The first-order valence-electron chi connectivity index (χ1n) is 5.92. The van der Waals surface area contributed by atoms with Crippen molar-refractivity contribution in [1.29, 1.82) is 0 Å². The number of halogens is 1. The van der Waals surface area contributed by atoms with Crippen LogP contribution in [0.1, 0.15) is 15.9 Å². The van der Waals surface area contributed by atoms with Crippen LogP contribution in [-0.2, 0) is 0 Å². The minimum atomic E-state index is -0.228. The molecule has 1 N–H and O–H groups in total. The summed E-state index contributed by atoms with van der Waals surface area (Å²) in [5.41, 5.74) is 3.97. The van der Waals surface area contributed by atoms with Crippen molar-refractivity contribution >= 4 is 34.7 Å². The Morgan fingerprint density at radius 3 is 2.65 bits per heavy atom. The second-order valence-electron chi connectivity index (χ2n) is 3.98. The summed E-state index contributed by atoms with van der Waals surface area (Å²) in [7, 11) is 1.62. The highest BCUT2D eigenvalue weighted by Crippen LogP contribution is 2.10. The first-order chi connectivity index (χ1) is 9.69. The van der Waals surface area contributed by atoms with Crippen molar-refractivity contribution in [3.05, 3.63) is 63.2 Å². The number of methoxy groups -OCH3 is 1. The molecule has 4 nitrogen and oxygen atoms in total. The molecule has 20 heavy (non-hydrogen) atoms. The summed E-state index contributed by atoms with van der Waals surface area (Å²) >= 11 is 2.16. The van der Waals surface area contributed by atoms with E-state index in [1.54, 1.807) is 25.5 Å². The highest BCUT2D eigenvalue weighted by molar-refractivity contribution is 14.1. The molecule has 1 amide bonds. The molecule has 5 heteroatoms. The van der Waals surface area contributed by atoms with Crippen molar-refractivity contribution < 1.29 is 9.53 Å². The summed E-state index contributed by atoms with van der Waals surface area (Å²) in [5, 5.41) is 3.94. The van der Waals surface area contributed by atoms with E-state index in [4.69, 9.17) is 4.74 Å². The van der Waals surface area contributed by atoms with Gasteiger partial charge >= 0.3 is 0 Å². The normalized spacial score (nSPS) is 10.5. The van der Waals surface area contributed by atoms with E-state index >= 15 is 0 Å². The fourth-order valence-electron chi connectivity index (χ4n) is 1.55. The molecule has 0 spiro atoms. The number of benzene rings is 2. The molecule has 0 fully saturated rings. The van der Waals surface area contributed by atoms with Crippen LogP contribution in [0.2, 0.25) is 0 Å². The van der Waals surface area contributed by atoms with Crippen molar-refractivity contribution in [2.24, 2.45) is 5.10 Å². The molecule has 0 heterocycles. The second kappa shape index (κ2) is 7.04. The van der Waals surface area contributed by atoms with Gasteiger partial charge in [-0.25, -0.2) is 5.43 Å². The van der Waals surface area contributed by atoms with E-state index in [1.165, 1.54) is 0 Å². The SMILES string of the molecule is COc1ccc(C=NNC(=O)c2cccc(I)c2)cc1. The molecular weight excluding hydrogens is 367 g/mol. The number of carbonyl (C=O) groups is 1. The van der Waals surface area contributed by atoms with Gasteiger partial charge < -0.3 is 4.74 Å². The Balaban J connectivity index is 1.97. The standard InChI is InChI=1S/C15H13IN2O2/c1-20-14-7-5-11(6-8-14)10-17-18-15(19)12-3-2-4-13(16)9-12/h2-10H,1H3,(H,18,19). The monoisotopic (exact) mass is 380 g/mol. The summed E-state index contributed by atoms with van der Waals surface area (Å²) in [6, 6.07) is 14.7. The van der Waals surface area contributed by atoms with Crippen molar-refractivity contribution in [3.63, 3.8) is 0 Å². The van der Waals surface area contributed by atoms with E-state index in [-0.39, 0.29) is 5.91 Å². The molecule has 0 aromatic heterocycles. The molecule has 102 valence electrons. The first kappa shape index (κ1) is 14.5. The molecule has 0 saturated carbocycles. The quantitative estimate of drug-likeness (QED) is 0.504. The van der Waals surface area contributed by atoms with Gasteiger partial charge in [-0.15, -0.1) is 0 Å². The molecule has 0 radical (unpaired) electrons. The number of carbonyl (C=O) groups excluding carboxylic acids is 1. The lowest BCUT2D eigenvalue weighted by atomic mass is 10.2. The summed E-state index contributed by atoms with van der Waals surface area (Å²) in [6.45, 7) is 0. The maximum Gasteiger partial charge on any atom is 0.271 e. The minimum Gasteiger partial charge on any atom is -0.497 e. The number of hydrogen-bond acceptors (Lipinski definition) is 3. The van der Waals surface area contributed by atoms with Gasteiger partial charge in [0.2, 0.25) is 0 Å². The molecule has 2 aromatic carbocycles. The predicted octanol–water partition coefficient (Wildman–Crippen LogP) is 3.06. The van der Waals surface area contributed by atoms with E-state index in [9.17, 15) is 4.79 Å². The van der Waals surface area contributed by atoms with Gasteiger partial charge in [0.15, 0.2) is 0 Å². The Morgan fingerprint density at radius 1 is 1.25 bits per heavy atom. The zero-order valence-electron chi connectivity index (χ0n) is 10.8. The smallest absolute Gasteiger partial charge is 0.271 e. The zero-order chi connectivity index (χ0) is 14.4. The van der Waals surface area contributed by atoms with Gasteiger partial charge in [0, 0.05) is 9.13 Å². The van der Waals surface area contributed by atoms with Crippen LogP contribution < -0.4 is 10.2 Å². The van der Waals surface area contributed by atoms with Crippen LogP contribution in [0.4, 0.5) is 0 Å². The first-order valence-corrected chi connectivity index (χ1v) is 7.00. The summed E-state index contributed by atoms with van der Waals surface area (Å²) < 4.78 is 6.07. The number of ether oxygens (including phenoxy) is 1. The van der Waals surface area contributed by atoms with Crippen LogP contribution >= 0.6 is 22.6 Å². The van der Waals surface area contributed by atoms with Gasteiger partial charge in [-0.2, -0.15) is 5.10 Å². The fourth-order valence-corrected chi connectivity index (χ4v) is 2.09. The van der Waals surface area contributed by atoms with Gasteiger partial charge in [0.25, 0.3) is 5.91 Å². The number of hydrazone groups is 1. The summed E-state index contributed by atoms with van der Waals surface area (Å²) in [4.78, 5) is 11.8. The summed E-state index contributed by atoms with van der Waals surface area (Å²) in [6.07, 6.45) is 1.59. The molecular formula is C15H13IN2O2. The maximum atomic E-state index is 11.8. The Bertz CT molecular complexity index is 624. The molecule has 2 rings (SSSR count). The second-order valence-corrected chi connectivity index (χ2v) is 5.23. The van der Waals surface area contributed by atoms with Gasteiger partial charge in [-0.1, -0.05) is 6.07 Å². The van der Waals surface area contributed by atoms with Crippen LogP contribution in [0.15, 0.2) is 53.6 Å². The van der Waals surface area contributed by atoms with Crippen molar-refractivity contribution in [3.8, 4) is 5.75 Å². The molecule has 2 aromatic rings. The van der Waals surface area contributed by atoms with Gasteiger partial charge in [-0.05, 0) is 70.6 Å². The number of amides is 1. The van der Waals surface area contributed by atoms with Crippen LogP contribution in [-0.4, -0.2) is 19.2 Å². The largest absolute Gasteiger partial charge is 0.497 e. The average Bonchev–Trinajstić information content (AvgIpc) is 2.48. The van der Waals surface area contributed by atoms with Crippen LogP contribution in [0.5, 0.6) is 5.75 Å². The van der Waals surface area contributed by atoms with Crippen molar-refractivity contribution in [1.82, 2.24) is 5.43 Å². The average molecular weight is 380 g/mol. The number of nitrogens with zero attached hydrogens (tertiary/aromatic N) is 1. The lowest BCUT2D eigenvalue weighted by Crippen LogP contribution is -2.17. The topological polar surface area (TPSA) is 50.7 Å². The fraction of sp³-hybridized carbons (Fsp3) is 0.0667. The van der Waals surface area contributed by atoms with E-state index in [0.29, 0.717) is 5.56 Å². The highest BCUT2D eigenvalue weighted by Gasteiger charge is 2.03. The summed E-state index contributed by atoms with van der Waals surface area (Å²) in [5.74, 6) is 0.554. The van der Waals surface area contributed by atoms with Crippen molar-refractivity contribution in [2.75, 3.05) is 7.11 Å². The van der Waals surface area contributed by atoms with E-state index in [1.807, 2.05) is 36.4 Å². The van der Waals surface area contributed by atoms with Gasteiger partial charge in [0.1, 0.15) is 5.75 Å². The van der Waals surface area contributed by atoms with Crippen LogP contribution in [0.25, 0.3) is 0 Å². The third-order valence-corrected chi connectivity index (χ3v) is 3.25. The molecule has 0 saturated heterocycles. The molecule has 0 bridgehead atoms. The Kier molecular flexibility index (Phi) is 5.11. The molecule has 0 aliphatic rings. The van der Waals surface area contributed by atoms with Gasteiger partial charge in [0.05, 0.1) is 13.3 Å². The number of nitrogens with one attached hydrogen (secondary N) is 1. The highest BCUT2D eigenvalue weighted by atomic mass is 127. The minimum absolute atomic E-state index is 0.228. The van der Waals surface area contributed by atoms with Crippen LogP contribution in [0.3, 0.4) is 0 Å². The van der Waals surface area contributed by atoms with Crippen LogP contribution in [0, 0.1) is 3.57 Å². The predicted molar refractivity (Wildman–Crippen MR) is 87.2 cm³/mol. The maximum absolute atomic E-state index is 11.8. The Morgan fingerprint density at radius 2 is 2.00 bits per heavy atom. The van der Waals surface area contributed by atoms with Gasteiger partial charge in [-0.3, -0.25) is 4.79 Å². The Hall–Kier alpha value is -1.89. The molecule has 0 aliphatic carbocycles. The molecule has 0 unspecified atom stereocenters. The molecule has 0 aliphatic heterocycles. The number of rotatable bonds is 4. The third-order valence-electron chi connectivity index (χ3n) is 2.58. The zero-order valence-corrected chi connectivity index (χ0v) is 13.0. The van der Waals surface area contributed by atoms with E-state index in [0.717, 1.165) is 14.9 Å².